The van der Waals surface area contributed by atoms with E-state index in [-0.39, 0.29) is 6.10 Å². The summed E-state index contributed by atoms with van der Waals surface area (Å²) in [6.07, 6.45) is 14.5. The minimum atomic E-state index is -0.0741. The van der Waals surface area contributed by atoms with Crippen molar-refractivity contribution in [3.8, 4) is 6.07 Å². The third-order valence-corrected chi connectivity index (χ3v) is 10.9. The van der Waals surface area contributed by atoms with Crippen LogP contribution in [0.2, 0.25) is 0 Å². The lowest BCUT2D eigenvalue weighted by atomic mass is 9.48. The molecule has 39 heavy (non-hydrogen) atoms. The average molecular weight is 547 g/mol. The second-order valence-electron chi connectivity index (χ2n) is 12.7. The molecule has 0 radical (unpaired) electrons. The molecule has 5 saturated carbocycles. The molecule has 7 rings (SSSR count). The number of nitrogens with zero attached hydrogens (tertiary/aromatic N) is 3. The minimum Gasteiger partial charge on any atom is -0.393 e. The molecule has 2 atom stereocenters. The molecule has 8 heteroatoms. The van der Waals surface area contributed by atoms with E-state index < -0.39 is 0 Å². The van der Waals surface area contributed by atoms with Gasteiger partial charge in [0.2, 0.25) is 5.95 Å². The van der Waals surface area contributed by atoms with E-state index >= 15 is 0 Å². The number of aliphatic hydroxyl groups is 1. The highest BCUT2D eigenvalue weighted by Gasteiger charge is 2.55. The van der Waals surface area contributed by atoms with Crippen molar-refractivity contribution in [2.75, 3.05) is 30.0 Å². The van der Waals surface area contributed by atoms with Crippen LogP contribution < -0.4 is 16.0 Å². The van der Waals surface area contributed by atoms with Crippen LogP contribution in [0.5, 0.6) is 0 Å². The molecule has 0 spiro atoms. The van der Waals surface area contributed by atoms with Gasteiger partial charge in [-0.3, -0.25) is 0 Å². The number of thioether (sulfide) groups is 1. The monoisotopic (exact) mass is 546 g/mol. The van der Waals surface area contributed by atoms with Crippen molar-refractivity contribution in [3.63, 3.8) is 0 Å². The maximum Gasteiger partial charge on any atom is 0.224 e. The highest BCUT2D eigenvalue weighted by Crippen LogP contribution is 2.60. The van der Waals surface area contributed by atoms with Gasteiger partial charge in [-0.05, 0) is 111 Å². The molecule has 1 heterocycles. The summed E-state index contributed by atoms with van der Waals surface area (Å²) < 4.78 is 0. The first kappa shape index (κ1) is 26.9. The Morgan fingerprint density at radius 1 is 1.08 bits per heavy atom. The van der Waals surface area contributed by atoms with E-state index in [0.717, 1.165) is 62.4 Å². The van der Waals surface area contributed by atoms with Gasteiger partial charge in [0, 0.05) is 24.0 Å². The first-order chi connectivity index (χ1) is 19.0. The fourth-order valence-electron chi connectivity index (χ4n) is 8.37. The molecule has 1 aromatic heterocycles. The van der Waals surface area contributed by atoms with Gasteiger partial charge in [0.15, 0.2) is 0 Å². The molecule has 5 aliphatic rings. The lowest BCUT2D eigenvalue weighted by Gasteiger charge is -2.60. The number of aliphatic hydroxyl groups excluding tert-OH is 1. The zero-order valence-corrected chi connectivity index (χ0v) is 23.8. The third kappa shape index (κ3) is 5.91. The van der Waals surface area contributed by atoms with Crippen molar-refractivity contribution in [1.82, 2.24) is 15.3 Å². The lowest BCUT2D eigenvalue weighted by Crippen LogP contribution is -2.60. The number of hydrogen-bond donors (Lipinski definition) is 4. The molecule has 5 aliphatic carbocycles. The van der Waals surface area contributed by atoms with Crippen LogP contribution in [0.1, 0.15) is 68.9 Å². The number of anilines is 2. The Hall–Kier alpha value is -2.34. The van der Waals surface area contributed by atoms with Crippen LogP contribution in [-0.4, -0.2) is 46.6 Å². The molecule has 4 bridgehead atoms. The van der Waals surface area contributed by atoms with Crippen molar-refractivity contribution in [2.24, 2.45) is 29.1 Å². The van der Waals surface area contributed by atoms with Crippen LogP contribution in [0.4, 0.5) is 11.8 Å². The maximum atomic E-state index is 9.86. The van der Waals surface area contributed by atoms with Gasteiger partial charge in [-0.2, -0.15) is 10.2 Å². The molecule has 208 valence electrons. The maximum absolute atomic E-state index is 9.86. The zero-order chi connectivity index (χ0) is 26.8. The highest BCUT2D eigenvalue weighted by molar-refractivity contribution is 7.98. The Morgan fingerprint density at radius 3 is 2.59 bits per heavy atom. The first-order valence-electron chi connectivity index (χ1n) is 14.8. The van der Waals surface area contributed by atoms with Gasteiger partial charge in [0.1, 0.15) is 17.5 Å². The number of benzene rings is 1. The number of hydrogen-bond acceptors (Lipinski definition) is 8. The molecule has 2 aromatic rings. The second-order valence-corrected chi connectivity index (χ2v) is 13.5. The van der Waals surface area contributed by atoms with Crippen LogP contribution in [-0.2, 0) is 6.54 Å². The summed E-state index contributed by atoms with van der Waals surface area (Å²) in [5.41, 5.74) is 2.02. The van der Waals surface area contributed by atoms with Gasteiger partial charge < -0.3 is 21.1 Å². The second kappa shape index (κ2) is 11.6. The number of nitrogens with one attached hydrogen (secondary N) is 3. The van der Waals surface area contributed by atoms with Gasteiger partial charge in [0.25, 0.3) is 0 Å². The lowest BCUT2D eigenvalue weighted by molar-refractivity contribution is -0.0704. The smallest absolute Gasteiger partial charge is 0.224 e. The Morgan fingerprint density at radius 2 is 1.85 bits per heavy atom. The Bertz CT molecular complexity index is 1180. The molecular weight excluding hydrogens is 504 g/mol. The number of rotatable bonds is 10. The van der Waals surface area contributed by atoms with Gasteiger partial charge in [-0.25, -0.2) is 4.98 Å². The predicted octanol–water partition coefficient (Wildman–Crippen LogP) is 5.43. The molecular formula is C31H42N6OS. The van der Waals surface area contributed by atoms with Crippen molar-refractivity contribution < 1.29 is 5.11 Å². The number of nitriles is 1. The Kier molecular flexibility index (Phi) is 8.02. The largest absolute Gasteiger partial charge is 0.393 e. The SMILES string of the molecule is CSc1ccccc1CNc1ncc(C#N)c(NCC23CC4CC(C2)C(NCC2CCC(O)CC2)C(C4)C3)n1. The van der Waals surface area contributed by atoms with E-state index in [1.807, 2.05) is 0 Å². The summed E-state index contributed by atoms with van der Waals surface area (Å²) in [5.74, 6) is 4.27. The topological polar surface area (TPSA) is 106 Å². The number of aromatic nitrogens is 2. The molecule has 0 saturated heterocycles. The van der Waals surface area contributed by atoms with Gasteiger partial charge in [-0.1, -0.05) is 18.2 Å². The summed E-state index contributed by atoms with van der Waals surface area (Å²) >= 11 is 1.74. The average Bonchev–Trinajstić information content (AvgIpc) is 2.95. The van der Waals surface area contributed by atoms with Crippen LogP contribution >= 0.6 is 11.8 Å². The standard InChI is InChI=1S/C31H42N6OS/c1-39-27-5-3-2-4-22(27)17-34-30-35-18-25(15-32)29(37-30)36-19-31-12-21-10-23(13-31)28(24(11-21)14-31)33-16-20-6-8-26(38)9-7-20/h2-5,18,20-21,23-24,26,28,33,38H,6-14,16-17,19H2,1H3,(H2,34,35,36,37). The first-order valence-corrected chi connectivity index (χ1v) is 16.0. The van der Waals surface area contributed by atoms with Crippen LogP contribution in [0.3, 0.4) is 0 Å². The summed E-state index contributed by atoms with van der Waals surface area (Å²) in [4.78, 5) is 10.4. The molecule has 0 amide bonds. The van der Waals surface area contributed by atoms with Gasteiger partial charge in [0.05, 0.1) is 12.3 Å². The fourth-order valence-corrected chi connectivity index (χ4v) is 8.99. The Balaban J connectivity index is 1.08. The molecule has 4 N–H and O–H groups in total. The van der Waals surface area contributed by atoms with E-state index in [0.29, 0.717) is 35.3 Å². The van der Waals surface area contributed by atoms with Crippen LogP contribution in [0.25, 0.3) is 0 Å². The molecule has 5 fully saturated rings. The quantitative estimate of drug-likeness (QED) is 0.292. The molecule has 2 unspecified atom stereocenters. The van der Waals surface area contributed by atoms with E-state index in [4.69, 9.17) is 4.98 Å². The van der Waals surface area contributed by atoms with Gasteiger partial charge in [-0.15, -0.1) is 11.8 Å². The third-order valence-electron chi connectivity index (χ3n) is 10.0. The molecule has 1 aromatic carbocycles. The van der Waals surface area contributed by atoms with Crippen LogP contribution in [0.15, 0.2) is 35.4 Å². The summed E-state index contributed by atoms with van der Waals surface area (Å²) in [6, 6.07) is 11.3. The Labute approximate surface area is 237 Å². The van der Waals surface area contributed by atoms with E-state index in [2.05, 4.69) is 57.5 Å². The molecule has 7 nitrogen and oxygen atoms in total. The predicted molar refractivity (Wildman–Crippen MR) is 157 cm³/mol. The van der Waals surface area contributed by atoms with Crippen molar-refractivity contribution >= 4 is 23.5 Å². The van der Waals surface area contributed by atoms with Crippen molar-refractivity contribution in [2.45, 2.75) is 81.4 Å². The summed E-state index contributed by atoms with van der Waals surface area (Å²) in [5, 5.41) is 30.6. The van der Waals surface area contributed by atoms with E-state index in [1.165, 1.54) is 42.6 Å². The fraction of sp³-hybridized carbons (Fsp3) is 0.645. The van der Waals surface area contributed by atoms with Crippen molar-refractivity contribution in [3.05, 3.63) is 41.6 Å². The zero-order valence-electron chi connectivity index (χ0n) is 23.0. The van der Waals surface area contributed by atoms with E-state index in [9.17, 15) is 10.4 Å². The van der Waals surface area contributed by atoms with Crippen LogP contribution in [0, 0.1) is 40.4 Å². The van der Waals surface area contributed by atoms with E-state index in [1.54, 1.807) is 18.0 Å². The minimum absolute atomic E-state index is 0.0741. The van der Waals surface area contributed by atoms with Crippen molar-refractivity contribution in [1.29, 1.82) is 5.26 Å². The highest BCUT2D eigenvalue weighted by atomic mass is 32.2. The molecule has 0 aliphatic heterocycles. The normalized spacial score (nSPS) is 33.1. The van der Waals surface area contributed by atoms with Gasteiger partial charge >= 0.3 is 0 Å². The summed E-state index contributed by atoms with van der Waals surface area (Å²) in [7, 11) is 0. The summed E-state index contributed by atoms with van der Waals surface area (Å²) in [6.45, 7) is 2.64.